The lowest BCUT2D eigenvalue weighted by atomic mass is 9.99. The van der Waals surface area contributed by atoms with E-state index in [0.717, 1.165) is 24.3 Å². The van der Waals surface area contributed by atoms with Crippen molar-refractivity contribution in [3.8, 4) is 11.5 Å². The molecular formula is C12H17NO2. The average molecular weight is 207 g/mol. The third kappa shape index (κ3) is 2.07. The van der Waals surface area contributed by atoms with Crippen LogP contribution < -0.4 is 15.2 Å². The minimum Gasteiger partial charge on any atom is -0.497 e. The van der Waals surface area contributed by atoms with Gasteiger partial charge in [0.15, 0.2) is 0 Å². The van der Waals surface area contributed by atoms with E-state index >= 15 is 0 Å². The monoisotopic (exact) mass is 207 g/mol. The van der Waals surface area contributed by atoms with Crippen LogP contribution in [-0.2, 0) is 6.42 Å². The highest BCUT2D eigenvalue weighted by Crippen LogP contribution is 2.31. The van der Waals surface area contributed by atoms with Crippen LogP contribution in [0.3, 0.4) is 0 Å². The molecule has 15 heavy (non-hydrogen) atoms. The van der Waals surface area contributed by atoms with E-state index in [-0.39, 0.29) is 12.1 Å². The summed E-state index contributed by atoms with van der Waals surface area (Å²) >= 11 is 0. The van der Waals surface area contributed by atoms with Crippen molar-refractivity contribution in [3.63, 3.8) is 0 Å². The zero-order chi connectivity index (χ0) is 10.8. The van der Waals surface area contributed by atoms with Crippen LogP contribution in [0.2, 0.25) is 0 Å². The van der Waals surface area contributed by atoms with Crippen LogP contribution in [0, 0.1) is 0 Å². The van der Waals surface area contributed by atoms with Gasteiger partial charge in [-0.1, -0.05) is 6.07 Å². The Kier molecular flexibility index (Phi) is 2.82. The maximum atomic E-state index is 5.84. The van der Waals surface area contributed by atoms with E-state index in [1.807, 2.05) is 19.1 Å². The highest BCUT2D eigenvalue weighted by Gasteiger charge is 2.22. The molecule has 0 saturated heterocycles. The fourth-order valence-corrected chi connectivity index (χ4v) is 1.87. The Balaban J connectivity index is 2.23. The van der Waals surface area contributed by atoms with Crippen LogP contribution in [-0.4, -0.2) is 19.3 Å². The van der Waals surface area contributed by atoms with Gasteiger partial charge in [0.2, 0.25) is 0 Å². The van der Waals surface area contributed by atoms with Gasteiger partial charge in [0, 0.05) is 12.1 Å². The first-order chi connectivity index (χ1) is 7.20. The Hall–Kier alpha value is -1.22. The molecule has 1 aromatic rings. The Morgan fingerprint density at radius 2 is 2.33 bits per heavy atom. The summed E-state index contributed by atoms with van der Waals surface area (Å²) in [6.45, 7) is 1.98. The number of aryl methyl sites for hydroxylation is 1. The molecule has 2 atom stereocenters. The summed E-state index contributed by atoms with van der Waals surface area (Å²) in [7, 11) is 1.66. The molecule has 0 aliphatic carbocycles. The molecule has 0 bridgehead atoms. The third-order valence-corrected chi connectivity index (χ3v) is 2.84. The van der Waals surface area contributed by atoms with Crippen molar-refractivity contribution in [1.29, 1.82) is 0 Å². The lowest BCUT2D eigenvalue weighted by molar-refractivity contribution is 0.150. The van der Waals surface area contributed by atoms with Gasteiger partial charge >= 0.3 is 0 Å². The van der Waals surface area contributed by atoms with Crippen LogP contribution in [0.25, 0.3) is 0 Å². The first kappa shape index (κ1) is 10.3. The molecule has 0 amide bonds. The zero-order valence-corrected chi connectivity index (χ0v) is 9.19. The van der Waals surface area contributed by atoms with Crippen LogP contribution >= 0.6 is 0 Å². The van der Waals surface area contributed by atoms with Gasteiger partial charge in [-0.3, -0.25) is 0 Å². The van der Waals surface area contributed by atoms with E-state index in [1.54, 1.807) is 7.11 Å². The van der Waals surface area contributed by atoms with Gasteiger partial charge in [0.1, 0.15) is 17.6 Å². The van der Waals surface area contributed by atoms with E-state index < -0.39 is 0 Å². The second-order valence-corrected chi connectivity index (χ2v) is 4.03. The van der Waals surface area contributed by atoms with Crippen LogP contribution in [0.1, 0.15) is 18.9 Å². The van der Waals surface area contributed by atoms with E-state index in [4.69, 9.17) is 15.2 Å². The Morgan fingerprint density at radius 3 is 3.00 bits per heavy atom. The predicted octanol–water partition coefficient (Wildman–Crippen LogP) is 1.74. The van der Waals surface area contributed by atoms with Crippen LogP contribution in [0.5, 0.6) is 11.5 Å². The average Bonchev–Trinajstić information content (AvgIpc) is 2.27. The topological polar surface area (TPSA) is 44.5 Å². The van der Waals surface area contributed by atoms with E-state index in [9.17, 15) is 0 Å². The fraction of sp³-hybridized carbons (Fsp3) is 0.500. The van der Waals surface area contributed by atoms with Gasteiger partial charge in [0.25, 0.3) is 0 Å². The van der Waals surface area contributed by atoms with Gasteiger partial charge in [-0.05, 0) is 31.4 Å². The number of hydrogen-bond donors (Lipinski definition) is 1. The van der Waals surface area contributed by atoms with Crippen molar-refractivity contribution < 1.29 is 9.47 Å². The SMILES string of the molecule is COc1ccc2c(c1)OC(C(C)N)CC2. The molecule has 2 rings (SSSR count). The van der Waals surface area contributed by atoms with Crippen LogP contribution in [0.15, 0.2) is 18.2 Å². The Morgan fingerprint density at radius 1 is 1.53 bits per heavy atom. The van der Waals surface area contributed by atoms with Gasteiger partial charge in [-0.2, -0.15) is 0 Å². The van der Waals surface area contributed by atoms with Crippen molar-refractivity contribution in [3.05, 3.63) is 23.8 Å². The molecule has 1 heterocycles. The Labute approximate surface area is 90.2 Å². The summed E-state index contributed by atoms with van der Waals surface area (Å²) in [6, 6.07) is 6.04. The maximum absolute atomic E-state index is 5.84. The minimum atomic E-state index is 0.0735. The maximum Gasteiger partial charge on any atom is 0.126 e. The molecule has 0 aromatic heterocycles. The standard InChI is InChI=1S/C12H17NO2/c1-8(13)11-6-4-9-3-5-10(14-2)7-12(9)15-11/h3,5,7-8,11H,4,6,13H2,1-2H3. The quantitative estimate of drug-likeness (QED) is 0.803. The van der Waals surface area contributed by atoms with Crippen molar-refractivity contribution in [2.75, 3.05) is 7.11 Å². The third-order valence-electron chi connectivity index (χ3n) is 2.84. The second kappa shape index (κ2) is 4.11. The molecule has 82 valence electrons. The van der Waals surface area contributed by atoms with Crippen molar-refractivity contribution >= 4 is 0 Å². The number of hydrogen-bond acceptors (Lipinski definition) is 3. The minimum absolute atomic E-state index is 0.0735. The van der Waals surface area contributed by atoms with Gasteiger partial charge in [0.05, 0.1) is 7.11 Å². The number of fused-ring (bicyclic) bond motifs is 1. The molecule has 0 spiro atoms. The zero-order valence-electron chi connectivity index (χ0n) is 9.19. The lowest BCUT2D eigenvalue weighted by Crippen LogP contribution is -2.38. The first-order valence-electron chi connectivity index (χ1n) is 5.30. The molecular weight excluding hydrogens is 190 g/mol. The van der Waals surface area contributed by atoms with Crippen molar-refractivity contribution in [2.24, 2.45) is 5.73 Å². The molecule has 2 unspecified atom stereocenters. The van der Waals surface area contributed by atoms with E-state index in [2.05, 4.69) is 6.07 Å². The molecule has 1 aliphatic rings. The number of methoxy groups -OCH3 is 1. The van der Waals surface area contributed by atoms with E-state index in [0.29, 0.717) is 0 Å². The summed E-state index contributed by atoms with van der Waals surface area (Å²) in [4.78, 5) is 0. The molecule has 1 aromatic carbocycles. The number of ether oxygens (including phenoxy) is 2. The van der Waals surface area contributed by atoms with Crippen molar-refractivity contribution in [2.45, 2.75) is 31.9 Å². The Bertz CT molecular complexity index is 349. The highest BCUT2D eigenvalue weighted by atomic mass is 16.5. The second-order valence-electron chi connectivity index (χ2n) is 4.03. The predicted molar refractivity (Wildman–Crippen MR) is 59.4 cm³/mol. The summed E-state index contributed by atoms with van der Waals surface area (Å²) in [5.74, 6) is 1.75. The summed E-state index contributed by atoms with van der Waals surface area (Å²) in [5, 5.41) is 0. The molecule has 1 aliphatic heterocycles. The smallest absolute Gasteiger partial charge is 0.126 e. The lowest BCUT2D eigenvalue weighted by Gasteiger charge is -2.28. The number of benzene rings is 1. The number of nitrogens with two attached hydrogens (primary N) is 1. The fourth-order valence-electron chi connectivity index (χ4n) is 1.87. The molecule has 3 nitrogen and oxygen atoms in total. The molecule has 0 saturated carbocycles. The molecule has 0 radical (unpaired) electrons. The van der Waals surface area contributed by atoms with E-state index in [1.165, 1.54) is 5.56 Å². The first-order valence-corrected chi connectivity index (χ1v) is 5.30. The molecule has 0 fully saturated rings. The van der Waals surface area contributed by atoms with Gasteiger partial charge in [-0.25, -0.2) is 0 Å². The highest BCUT2D eigenvalue weighted by molar-refractivity contribution is 5.42. The van der Waals surface area contributed by atoms with Gasteiger partial charge in [-0.15, -0.1) is 0 Å². The largest absolute Gasteiger partial charge is 0.497 e. The van der Waals surface area contributed by atoms with Gasteiger partial charge < -0.3 is 15.2 Å². The van der Waals surface area contributed by atoms with Crippen molar-refractivity contribution in [1.82, 2.24) is 0 Å². The molecule has 2 N–H and O–H groups in total. The molecule has 3 heteroatoms. The summed E-state index contributed by atoms with van der Waals surface area (Å²) < 4.78 is 11.0. The number of rotatable bonds is 2. The normalized spacial score (nSPS) is 21.4. The summed E-state index contributed by atoms with van der Waals surface area (Å²) in [6.07, 6.45) is 2.16. The van der Waals surface area contributed by atoms with Crippen LogP contribution in [0.4, 0.5) is 0 Å². The summed E-state index contributed by atoms with van der Waals surface area (Å²) in [5.41, 5.74) is 7.08.